The number of rotatable bonds is 5. The van der Waals surface area contributed by atoms with Crippen molar-refractivity contribution in [1.82, 2.24) is 9.97 Å². The van der Waals surface area contributed by atoms with E-state index in [-0.39, 0.29) is 5.82 Å². The van der Waals surface area contributed by atoms with Crippen LogP contribution >= 0.6 is 0 Å². The predicted molar refractivity (Wildman–Crippen MR) is 96.2 cm³/mol. The molecule has 3 rings (SSSR count). The number of nitrogens with one attached hydrogen (secondary N) is 1. The van der Waals surface area contributed by atoms with Crippen molar-refractivity contribution in [1.29, 1.82) is 0 Å². The van der Waals surface area contributed by atoms with E-state index in [9.17, 15) is 4.39 Å². The lowest BCUT2D eigenvalue weighted by molar-refractivity contribution is 0.634. The largest absolute Gasteiger partial charge is 0.354 e. The quantitative estimate of drug-likeness (QED) is 0.717. The Morgan fingerprint density at radius 1 is 0.875 bits per heavy atom. The molecule has 0 saturated heterocycles. The van der Waals surface area contributed by atoms with Crippen LogP contribution < -0.4 is 5.32 Å². The van der Waals surface area contributed by atoms with E-state index in [1.165, 1.54) is 0 Å². The molecule has 0 bridgehead atoms. The number of benzene rings is 2. The first-order valence-corrected chi connectivity index (χ1v) is 8.05. The highest BCUT2D eigenvalue weighted by Crippen LogP contribution is 2.30. The van der Waals surface area contributed by atoms with Crippen molar-refractivity contribution in [2.75, 3.05) is 11.9 Å². The van der Waals surface area contributed by atoms with Gasteiger partial charge in [-0.15, -0.1) is 0 Å². The van der Waals surface area contributed by atoms with E-state index in [0.29, 0.717) is 28.6 Å². The Morgan fingerprint density at radius 2 is 1.50 bits per heavy atom. The third-order valence-corrected chi connectivity index (χ3v) is 3.71. The fraction of sp³-hybridized carbons (Fsp3) is 0.200. The SMILES string of the molecule is CC(C)CNc1ncc(-c2cccc(-c3ccccc3)c2F)cn1. The fourth-order valence-electron chi connectivity index (χ4n) is 2.45. The Balaban J connectivity index is 1.90. The van der Waals surface area contributed by atoms with Crippen LogP contribution in [-0.4, -0.2) is 16.5 Å². The lowest BCUT2D eigenvalue weighted by atomic mass is 9.99. The summed E-state index contributed by atoms with van der Waals surface area (Å²) in [4.78, 5) is 8.56. The first-order chi connectivity index (χ1) is 11.6. The summed E-state index contributed by atoms with van der Waals surface area (Å²) in [6.45, 7) is 5.04. The maximum absolute atomic E-state index is 14.9. The number of hydrogen-bond acceptors (Lipinski definition) is 3. The van der Waals surface area contributed by atoms with Crippen molar-refractivity contribution in [3.63, 3.8) is 0 Å². The number of aromatic nitrogens is 2. The molecule has 1 N–H and O–H groups in total. The van der Waals surface area contributed by atoms with Crippen LogP contribution in [0.15, 0.2) is 60.9 Å². The zero-order valence-electron chi connectivity index (χ0n) is 13.8. The van der Waals surface area contributed by atoms with Gasteiger partial charge in [0.15, 0.2) is 0 Å². The normalized spacial score (nSPS) is 10.8. The van der Waals surface area contributed by atoms with Gasteiger partial charge in [0.2, 0.25) is 5.95 Å². The summed E-state index contributed by atoms with van der Waals surface area (Å²) in [6, 6.07) is 14.9. The molecule has 0 amide bonds. The number of anilines is 1. The average molecular weight is 321 g/mol. The summed E-state index contributed by atoms with van der Waals surface area (Å²) in [5.74, 6) is 0.815. The standard InChI is InChI=1S/C20H20FN3/c1-14(2)11-22-20-23-12-16(13-24-20)18-10-6-9-17(19(18)21)15-7-4-3-5-8-15/h3-10,12-14H,11H2,1-2H3,(H,22,23,24). The van der Waals surface area contributed by atoms with Gasteiger partial charge in [0.1, 0.15) is 5.82 Å². The number of halogens is 1. The van der Waals surface area contributed by atoms with Crippen molar-refractivity contribution in [2.24, 2.45) is 5.92 Å². The molecule has 0 aliphatic heterocycles. The van der Waals surface area contributed by atoms with Gasteiger partial charge < -0.3 is 5.32 Å². The summed E-state index contributed by atoms with van der Waals surface area (Å²) in [5.41, 5.74) is 2.61. The third-order valence-electron chi connectivity index (χ3n) is 3.71. The first-order valence-electron chi connectivity index (χ1n) is 8.05. The van der Waals surface area contributed by atoms with Crippen LogP contribution in [0.25, 0.3) is 22.3 Å². The average Bonchev–Trinajstić information content (AvgIpc) is 2.61. The molecule has 0 aliphatic rings. The minimum absolute atomic E-state index is 0.254. The molecular formula is C20H20FN3. The highest BCUT2D eigenvalue weighted by molar-refractivity contribution is 5.73. The second-order valence-corrected chi connectivity index (χ2v) is 6.10. The number of nitrogens with zero attached hydrogens (tertiary/aromatic N) is 2. The van der Waals surface area contributed by atoms with Crippen LogP contribution in [0.3, 0.4) is 0 Å². The van der Waals surface area contributed by atoms with E-state index in [1.807, 2.05) is 36.4 Å². The van der Waals surface area contributed by atoms with Gasteiger partial charge in [0.25, 0.3) is 0 Å². The fourth-order valence-corrected chi connectivity index (χ4v) is 2.45. The van der Waals surface area contributed by atoms with Crippen LogP contribution in [0, 0.1) is 11.7 Å². The van der Waals surface area contributed by atoms with Crippen molar-refractivity contribution >= 4 is 5.95 Å². The molecule has 0 unspecified atom stereocenters. The maximum Gasteiger partial charge on any atom is 0.222 e. The predicted octanol–water partition coefficient (Wildman–Crippen LogP) is 5.02. The molecule has 1 heterocycles. The van der Waals surface area contributed by atoms with Crippen molar-refractivity contribution in [3.8, 4) is 22.3 Å². The molecule has 4 heteroatoms. The molecule has 0 aliphatic carbocycles. The Morgan fingerprint density at radius 3 is 2.12 bits per heavy atom. The topological polar surface area (TPSA) is 37.8 Å². The smallest absolute Gasteiger partial charge is 0.222 e. The Labute approximate surface area is 141 Å². The second kappa shape index (κ2) is 7.21. The molecule has 0 spiro atoms. The summed E-state index contributed by atoms with van der Waals surface area (Å²) < 4.78 is 14.9. The second-order valence-electron chi connectivity index (χ2n) is 6.10. The first kappa shape index (κ1) is 16.1. The maximum atomic E-state index is 14.9. The van der Waals surface area contributed by atoms with Gasteiger partial charge in [0, 0.05) is 35.6 Å². The highest BCUT2D eigenvalue weighted by Gasteiger charge is 2.12. The van der Waals surface area contributed by atoms with E-state index >= 15 is 0 Å². The highest BCUT2D eigenvalue weighted by atomic mass is 19.1. The molecule has 0 saturated carbocycles. The van der Waals surface area contributed by atoms with Gasteiger partial charge in [-0.3, -0.25) is 0 Å². The van der Waals surface area contributed by atoms with Crippen molar-refractivity contribution in [2.45, 2.75) is 13.8 Å². The summed E-state index contributed by atoms with van der Waals surface area (Å²) in [5, 5.41) is 3.16. The van der Waals surface area contributed by atoms with Gasteiger partial charge >= 0.3 is 0 Å². The van der Waals surface area contributed by atoms with Crippen LogP contribution in [0.4, 0.5) is 10.3 Å². The van der Waals surface area contributed by atoms with Crippen LogP contribution in [0.1, 0.15) is 13.8 Å². The minimum atomic E-state index is -0.254. The van der Waals surface area contributed by atoms with Gasteiger partial charge in [-0.1, -0.05) is 62.4 Å². The zero-order valence-corrected chi connectivity index (χ0v) is 13.8. The molecule has 3 aromatic rings. The lowest BCUT2D eigenvalue weighted by Crippen LogP contribution is -2.10. The van der Waals surface area contributed by atoms with E-state index in [1.54, 1.807) is 24.5 Å². The van der Waals surface area contributed by atoms with E-state index < -0.39 is 0 Å². The molecule has 0 atom stereocenters. The van der Waals surface area contributed by atoms with Gasteiger partial charge in [-0.05, 0) is 11.5 Å². The third kappa shape index (κ3) is 3.59. The summed E-state index contributed by atoms with van der Waals surface area (Å²) >= 11 is 0. The summed E-state index contributed by atoms with van der Waals surface area (Å²) in [6.07, 6.45) is 3.31. The van der Waals surface area contributed by atoms with E-state index in [2.05, 4.69) is 29.1 Å². The Hall–Kier alpha value is -2.75. The van der Waals surface area contributed by atoms with Gasteiger partial charge in [0.05, 0.1) is 0 Å². The molecule has 0 radical (unpaired) electrons. The van der Waals surface area contributed by atoms with Crippen LogP contribution in [0.5, 0.6) is 0 Å². The van der Waals surface area contributed by atoms with Gasteiger partial charge in [-0.25, -0.2) is 14.4 Å². The molecule has 3 nitrogen and oxygen atoms in total. The van der Waals surface area contributed by atoms with Gasteiger partial charge in [-0.2, -0.15) is 0 Å². The molecule has 2 aromatic carbocycles. The zero-order chi connectivity index (χ0) is 16.9. The molecule has 122 valence electrons. The van der Waals surface area contributed by atoms with Crippen LogP contribution in [0.2, 0.25) is 0 Å². The molecular weight excluding hydrogens is 301 g/mol. The molecule has 0 fully saturated rings. The number of hydrogen-bond donors (Lipinski definition) is 1. The Bertz CT molecular complexity index is 799. The van der Waals surface area contributed by atoms with Crippen molar-refractivity contribution in [3.05, 3.63) is 66.7 Å². The van der Waals surface area contributed by atoms with Crippen molar-refractivity contribution < 1.29 is 4.39 Å². The van der Waals surface area contributed by atoms with E-state index in [0.717, 1.165) is 12.1 Å². The minimum Gasteiger partial charge on any atom is -0.354 e. The Kier molecular flexibility index (Phi) is 4.85. The molecule has 24 heavy (non-hydrogen) atoms. The lowest BCUT2D eigenvalue weighted by Gasteiger charge is -2.10. The monoisotopic (exact) mass is 321 g/mol. The summed E-state index contributed by atoms with van der Waals surface area (Å²) in [7, 11) is 0. The van der Waals surface area contributed by atoms with E-state index in [4.69, 9.17) is 0 Å². The van der Waals surface area contributed by atoms with Crippen LogP contribution in [-0.2, 0) is 0 Å². The molecule has 1 aromatic heterocycles.